The summed E-state index contributed by atoms with van der Waals surface area (Å²) in [5.41, 5.74) is 2.14. The fourth-order valence-corrected chi connectivity index (χ4v) is 2.75. The SMILES string of the molecule is C[C@@H](O)c1c(F)cccc1N1CCOc2ccccc2C1. The summed E-state index contributed by atoms with van der Waals surface area (Å²) in [6.45, 7) is 3.41. The molecule has 0 radical (unpaired) electrons. The Morgan fingerprint density at radius 2 is 2.00 bits per heavy atom. The molecule has 21 heavy (non-hydrogen) atoms. The third-order valence-electron chi connectivity index (χ3n) is 3.74. The third kappa shape index (κ3) is 2.72. The van der Waals surface area contributed by atoms with E-state index in [-0.39, 0.29) is 5.82 Å². The number of benzene rings is 2. The number of anilines is 1. The van der Waals surface area contributed by atoms with E-state index in [0.29, 0.717) is 25.3 Å². The van der Waals surface area contributed by atoms with Crippen molar-refractivity contribution in [2.24, 2.45) is 0 Å². The Hall–Kier alpha value is -2.07. The second-order valence-corrected chi connectivity index (χ2v) is 5.23. The molecule has 0 unspecified atom stereocenters. The molecule has 0 fully saturated rings. The number of hydrogen-bond acceptors (Lipinski definition) is 3. The smallest absolute Gasteiger partial charge is 0.131 e. The average Bonchev–Trinajstić information content (AvgIpc) is 2.68. The summed E-state index contributed by atoms with van der Waals surface area (Å²) in [6, 6.07) is 12.8. The first kappa shape index (κ1) is 13.9. The van der Waals surface area contributed by atoms with Gasteiger partial charge < -0.3 is 14.7 Å². The highest BCUT2D eigenvalue weighted by Crippen LogP contribution is 2.32. The van der Waals surface area contributed by atoms with Crippen LogP contribution >= 0.6 is 0 Å². The van der Waals surface area contributed by atoms with Crippen LogP contribution in [0, 0.1) is 5.82 Å². The van der Waals surface area contributed by atoms with Gasteiger partial charge in [0.25, 0.3) is 0 Å². The van der Waals surface area contributed by atoms with Gasteiger partial charge in [0.1, 0.15) is 18.2 Å². The summed E-state index contributed by atoms with van der Waals surface area (Å²) in [5.74, 6) is 0.496. The highest BCUT2D eigenvalue weighted by molar-refractivity contribution is 5.56. The maximum absolute atomic E-state index is 14.0. The first-order valence-electron chi connectivity index (χ1n) is 7.09. The van der Waals surface area contributed by atoms with E-state index < -0.39 is 6.10 Å². The summed E-state index contributed by atoms with van der Waals surface area (Å²) in [4.78, 5) is 2.05. The van der Waals surface area contributed by atoms with Crippen molar-refractivity contribution in [3.8, 4) is 5.75 Å². The summed E-state index contributed by atoms with van der Waals surface area (Å²) in [5, 5.41) is 9.88. The Bertz CT molecular complexity index is 642. The maximum Gasteiger partial charge on any atom is 0.131 e. The summed E-state index contributed by atoms with van der Waals surface area (Å²) >= 11 is 0. The number of nitrogens with zero attached hydrogens (tertiary/aromatic N) is 1. The zero-order valence-electron chi connectivity index (χ0n) is 11.9. The molecule has 1 aliphatic rings. The van der Waals surface area contributed by atoms with Gasteiger partial charge in [-0.2, -0.15) is 0 Å². The van der Waals surface area contributed by atoms with Gasteiger partial charge in [0.05, 0.1) is 12.6 Å². The van der Waals surface area contributed by atoms with Crippen LogP contribution < -0.4 is 9.64 Å². The lowest BCUT2D eigenvalue weighted by atomic mass is 10.1. The average molecular weight is 287 g/mol. The number of hydrogen-bond donors (Lipinski definition) is 1. The molecule has 1 atom stereocenters. The lowest BCUT2D eigenvalue weighted by Gasteiger charge is -2.26. The van der Waals surface area contributed by atoms with Crippen molar-refractivity contribution < 1.29 is 14.2 Å². The minimum absolute atomic E-state index is 0.344. The highest BCUT2D eigenvalue weighted by Gasteiger charge is 2.21. The van der Waals surface area contributed by atoms with Gasteiger partial charge in [-0.1, -0.05) is 24.3 Å². The van der Waals surface area contributed by atoms with Gasteiger partial charge in [0.2, 0.25) is 0 Å². The Morgan fingerprint density at radius 3 is 2.81 bits per heavy atom. The largest absolute Gasteiger partial charge is 0.491 e. The molecule has 0 saturated carbocycles. The van der Waals surface area contributed by atoms with Gasteiger partial charge in [-0.25, -0.2) is 4.39 Å². The first-order valence-corrected chi connectivity index (χ1v) is 7.09. The molecule has 3 rings (SSSR count). The van der Waals surface area contributed by atoms with Gasteiger partial charge in [0.15, 0.2) is 0 Å². The third-order valence-corrected chi connectivity index (χ3v) is 3.74. The van der Waals surface area contributed by atoms with Crippen molar-refractivity contribution in [3.05, 3.63) is 59.4 Å². The molecule has 0 aliphatic carbocycles. The second-order valence-electron chi connectivity index (χ2n) is 5.23. The molecular formula is C17H18FNO2. The number of para-hydroxylation sites is 1. The number of halogens is 1. The van der Waals surface area contributed by atoms with Crippen molar-refractivity contribution in [1.82, 2.24) is 0 Å². The van der Waals surface area contributed by atoms with Crippen LogP contribution in [0.2, 0.25) is 0 Å². The van der Waals surface area contributed by atoms with Crippen LogP contribution in [0.1, 0.15) is 24.2 Å². The van der Waals surface area contributed by atoms with Crippen LogP contribution in [0.4, 0.5) is 10.1 Å². The molecule has 2 aromatic rings. The molecule has 0 saturated heterocycles. The molecular weight excluding hydrogens is 269 g/mol. The zero-order chi connectivity index (χ0) is 14.8. The lowest BCUT2D eigenvalue weighted by Crippen LogP contribution is -2.27. The van der Waals surface area contributed by atoms with E-state index in [1.807, 2.05) is 30.3 Å². The molecule has 110 valence electrons. The van der Waals surface area contributed by atoms with Crippen LogP contribution in [-0.2, 0) is 6.54 Å². The summed E-state index contributed by atoms with van der Waals surface area (Å²) in [7, 11) is 0. The lowest BCUT2D eigenvalue weighted by molar-refractivity contribution is 0.194. The van der Waals surface area contributed by atoms with Crippen LogP contribution in [0.25, 0.3) is 0 Å². The monoisotopic (exact) mass is 287 g/mol. The van der Waals surface area contributed by atoms with E-state index in [0.717, 1.165) is 17.0 Å². The van der Waals surface area contributed by atoms with Crippen molar-refractivity contribution in [1.29, 1.82) is 0 Å². The highest BCUT2D eigenvalue weighted by atomic mass is 19.1. The maximum atomic E-state index is 14.0. The Balaban J connectivity index is 2.00. The normalized spacial score (nSPS) is 15.9. The fourth-order valence-electron chi connectivity index (χ4n) is 2.75. The number of rotatable bonds is 2. The van der Waals surface area contributed by atoms with E-state index >= 15 is 0 Å². The van der Waals surface area contributed by atoms with E-state index in [9.17, 15) is 9.50 Å². The van der Waals surface area contributed by atoms with E-state index in [1.54, 1.807) is 13.0 Å². The Labute approximate surface area is 123 Å². The van der Waals surface area contributed by atoms with Crippen molar-refractivity contribution in [2.75, 3.05) is 18.1 Å². The zero-order valence-corrected chi connectivity index (χ0v) is 11.9. The molecule has 0 bridgehead atoms. The molecule has 1 aliphatic heterocycles. The number of fused-ring (bicyclic) bond motifs is 1. The van der Waals surface area contributed by atoms with Crippen molar-refractivity contribution in [2.45, 2.75) is 19.6 Å². The van der Waals surface area contributed by atoms with Gasteiger partial charge in [0, 0.05) is 23.4 Å². The van der Waals surface area contributed by atoms with E-state index in [1.165, 1.54) is 6.07 Å². The number of ether oxygens (including phenoxy) is 1. The minimum Gasteiger partial charge on any atom is -0.491 e. The summed E-state index contributed by atoms with van der Waals surface area (Å²) < 4.78 is 19.8. The van der Waals surface area contributed by atoms with Gasteiger partial charge >= 0.3 is 0 Å². The first-order chi connectivity index (χ1) is 10.2. The molecule has 0 spiro atoms. The molecule has 2 aromatic carbocycles. The Kier molecular flexibility index (Phi) is 3.80. The van der Waals surface area contributed by atoms with E-state index in [2.05, 4.69) is 4.90 Å². The summed E-state index contributed by atoms with van der Waals surface area (Å²) in [6.07, 6.45) is -0.847. The van der Waals surface area contributed by atoms with Crippen molar-refractivity contribution in [3.63, 3.8) is 0 Å². The fraction of sp³-hybridized carbons (Fsp3) is 0.294. The van der Waals surface area contributed by atoms with Gasteiger partial charge in [-0.3, -0.25) is 0 Å². The second kappa shape index (κ2) is 5.74. The molecule has 3 nitrogen and oxygen atoms in total. The molecule has 0 amide bonds. The standard InChI is InChI=1S/C17H18FNO2/c1-12(20)17-14(18)6-4-7-15(17)19-9-10-21-16-8-3-2-5-13(16)11-19/h2-8,12,20H,9-11H2,1H3/t12-/m1/s1. The van der Waals surface area contributed by atoms with E-state index in [4.69, 9.17) is 4.74 Å². The predicted molar refractivity (Wildman–Crippen MR) is 80.0 cm³/mol. The molecule has 1 heterocycles. The van der Waals surface area contributed by atoms with Crippen LogP contribution in [0.5, 0.6) is 5.75 Å². The molecule has 4 heteroatoms. The van der Waals surface area contributed by atoms with Crippen LogP contribution in [0.15, 0.2) is 42.5 Å². The van der Waals surface area contributed by atoms with Gasteiger partial charge in [-0.15, -0.1) is 0 Å². The minimum atomic E-state index is -0.847. The Morgan fingerprint density at radius 1 is 1.19 bits per heavy atom. The van der Waals surface area contributed by atoms with Crippen LogP contribution in [0.3, 0.4) is 0 Å². The quantitative estimate of drug-likeness (QED) is 0.920. The number of aliphatic hydroxyl groups excluding tert-OH is 1. The molecule has 0 aromatic heterocycles. The topological polar surface area (TPSA) is 32.7 Å². The number of aliphatic hydroxyl groups is 1. The van der Waals surface area contributed by atoms with Crippen molar-refractivity contribution >= 4 is 5.69 Å². The molecule has 1 N–H and O–H groups in total. The van der Waals surface area contributed by atoms with Crippen LogP contribution in [-0.4, -0.2) is 18.3 Å². The predicted octanol–water partition coefficient (Wildman–Crippen LogP) is 3.28. The van der Waals surface area contributed by atoms with Gasteiger partial charge in [-0.05, 0) is 25.1 Å².